The predicted molar refractivity (Wildman–Crippen MR) is 80.1 cm³/mol. The van der Waals surface area contributed by atoms with Crippen LogP contribution in [-0.2, 0) is 0 Å². The van der Waals surface area contributed by atoms with E-state index in [1.165, 1.54) is 18.2 Å². The van der Waals surface area contributed by atoms with Gasteiger partial charge in [0, 0.05) is 6.21 Å². The molecule has 0 radical (unpaired) electrons. The minimum absolute atomic E-state index is 0.0230. The molecule has 0 fully saturated rings. The molecule has 0 aliphatic carbocycles. The van der Waals surface area contributed by atoms with E-state index < -0.39 is 11.7 Å². The van der Waals surface area contributed by atoms with Gasteiger partial charge < -0.3 is 4.52 Å². The number of rotatable bonds is 3. The van der Waals surface area contributed by atoms with Crippen LogP contribution in [0.2, 0.25) is 5.02 Å². The number of benzene rings is 1. The van der Waals surface area contributed by atoms with Gasteiger partial charge >= 0.3 is 11.8 Å². The Morgan fingerprint density at radius 1 is 1.45 bits per heavy atom. The van der Waals surface area contributed by atoms with Crippen LogP contribution in [-0.4, -0.2) is 22.3 Å². The average Bonchev–Trinajstić information content (AvgIpc) is 2.86. The minimum atomic E-state index is -0.688. The van der Waals surface area contributed by atoms with Crippen LogP contribution in [0.4, 0.5) is 4.39 Å². The first-order valence-electron chi connectivity index (χ1n) is 6.40. The van der Waals surface area contributed by atoms with Gasteiger partial charge in [0.25, 0.3) is 0 Å². The summed E-state index contributed by atoms with van der Waals surface area (Å²) in [7, 11) is 0. The molecule has 2 aromatic rings. The van der Waals surface area contributed by atoms with Crippen LogP contribution >= 0.6 is 11.6 Å². The number of nitrogens with one attached hydrogen (secondary N) is 1. The molecule has 0 bridgehead atoms. The second-order valence-corrected chi connectivity index (χ2v) is 5.99. The predicted octanol–water partition coefficient (Wildman–Crippen LogP) is 3.29. The lowest BCUT2D eigenvalue weighted by atomic mass is 9.99. The van der Waals surface area contributed by atoms with E-state index in [1.54, 1.807) is 6.21 Å². The van der Waals surface area contributed by atoms with Crippen molar-refractivity contribution in [3.8, 4) is 11.4 Å². The van der Waals surface area contributed by atoms with Crippen molar-refractivity contribution in [3.05, 3.63) is 34.9 Å². The van der Waals surface area contributed by atoms with Crippen molar-refractivity contribution in [2.75, 3.05) is 0 Å². The summed E-state index contributed by atoms with van der Waals surface area (Å²) >= 11 is 5.90. The summed E-state index contributed by atoms with van der Waals surface area (Å²) in [6.07, 6.45) is 1.57. The number of hydrazone groups is 1. The third-order valence-electron chi connectivity index (χ3n) is 2.42. The summed E-state index contributed by atoms with van der Waals surface area (Å²) in [5.74, 6) is -1.73. The zero-order chi connectivity index (χ0) is 16.3. The smallest absolute Gasteiger partial charge is 0.328 e. The molecular weight excluding hydrogens is 311 g/mol. The van der Waals surface area contributed by atoms with Crippen molar-refractivity contribution in [1.29, 1.82) is 0 Å². The van der Waals surface area contributed by atoms with E-state index in [-0.39, 0.29) is 27.7 Å². The molecule has 0 saturated carbocycles. The van der Waals surface area contributed by atoms with E-state index in [4.69, 9.17) is 16.1 Å². The molecular formula is C14H14ClFN4O2. The first-order chi connectivity index (χ1) is 10.3. The highest BCUT2D eigenvalue weighted by atomic mass is 35.5. The van der Waals surface area contributed by atoms with Gasteiger partial charge in [-0.2, -0.15) is 10.1 Å². The molecule has 1 aromatic carbocycles. The molecule has 22 heavy (non-hydrogen) atoms. The maximum atomic E-state index is 13.8. The summed E-state index contributed by atoms with van der Waals surface area (Å²) in [6.45, 7) is 5.77. The van der Waals surface area contributed by atoms with Crippen molar-refractivity contribution in [2.24, 2.45) is 10.5 Å². The molecule has 116 valence electrons. The summed E-state index contributed by atoms with van der Waals surface area (Å²) in [6, 6.07) is 4.16. The van der Waals surface area contributed by atoms with Crippen LogP contribution in [0, 0.1) is 11.2 Å². The van der Waals surface area contributed by atoms with Crippen LogP contribution in [0.25, 0.3) is 11.4 Å². The van der Waals surface area contributed by atoms with Crippen LogP contribution < -0.4 is 5.43 Å². The molecule has 6 nitrogen and oxygen atoms in total. The number of halogens is 2. The Labute approximate surface area is 131 Å². The molecule has 2 rings (SSSR count). The highest BCUT2D eigenvalue weighted by Gasteiger charge is 2.20. The third kappa shape index (κ3) is 3.88. The molecule has 1 aromatic heterocycles. The van der Waals surface area contributed by atoms with Gasteiger partial charge in [0.2, 0.25) is 5.82 Å². The van der Waals surface area contributed by atoms with Gasteiger partial charge in [0.05, 0.1) is 10.6 Å². The summed E-state index contributed by atoms with van der Waals surface area (Å²) in [5.41, 5.74) is 2.05. The van der Waals surface area contributed by atoms with Crippen LogP contribution in [0.1, 0.15) is 31.5 Å². The van der Waals surface area contributed by atoms with Crippen molar-refractivity contribution in [1.82, 2.24) is 15.6 Å². The molecule has 8 heteroatoms. The van der Waals surface area contributed by atoms with Crippen molar-refractivity contribution in [2.45, 2.75) is 20.8 Å². The zero-order valence-corrected chi connectivity index (χ0v) is 13.0. The Hall–Kier alpha value is -2.28. The number of carbonyl (C=O) groups is 1. The van der Waals surface area contributed by atoms with E-state index >= 15 is 0 Å². The third-order valence-corrected chi connectivity index (χ3v) is 2.74. The highest BCUT2D eigenvalue weighted by molar-refractivity contribution is 6.33. The number of hydrogen-bond donors (Lipinski definition) is 1. The lowest BCUT2D eigenvalue weighted by Crippen LogP contribution is -2.20. The van der Waals surface area contributed by atoms with Gasteiger partial charge in [-0.25, -0.2) is 9.82 Å². The number of hydrogen-bond acceptors (Lipinski definition) is 5. The molecule has 1 heterocycles. The number of aromatic nitrogens is 2. The topological polar surface area (TPSA) is 80.4 Å². The lowest BCUT2D eigenvalue weighted by Gasteiger charge is -2.09. The first kappa shape index (κ1) is 16.1. The molecule has 1 N–H and O–H groups in total. The molecule has 0 unspecified atom stereocenters. The maximum Gasteiger partial charge on any atom is 0.329 e. The van der Waals surface area contributed by atoms with Gasteiger partial charge in [-0.1, -0.05) is 43.6 Å². The molecule has 0 saturated heterocycles. The van der Waals surface area contributed by atoms with Crippen LogP contribution in [0.15, 0.2) is 27.8 Å². The van der Waals surface area contributed by atoms with E-state index in [2.05, 4.69) is 20.7 Å². The molecule has 0 atom stereocenters. The fraction of sp³-hybridized carbons (Fsp3) is 0.286. The molecule has 0 spiro atoms. The number of amides is 1. The van der Waals surface area contributed by atoms with E-state index in [0.717, 1.165) is 0 Å². The van der Waals surface area contributed by atoms with E-state index in [1.807, 2.05) is 20.8 Å². The van der Waals surface area contributed by atoms with Crippen LogP contribution in [0.5, 0.6) is 0 Å². The van der Waals surface area contributed by atoms with Gasteiger partial charge in [0.15, 0.2) is 0 Å². The summed E-state index contributed by atoms with van der Waals surface area (Å²) < 4.78 is 18.6. The zero-order valence-electron chi connectivity index (χ0n) is 12.2. The Morgan fingerprint density at radius 2 is 2.18 bits per heavy atom. The van der Waals surface area contributed by atoms with Gasteiger partial charge in [0.1, 0.15) is 5.82 Å². The SMILES string of the molecule is CC(C)(C)/C=N\NC(=O)c1nc(-c2c(F)cccc2Cl)no1. The van der Waals surface area contributed by atoms with Gasteiger partial charge in [-0.3, -0.25) is 4.79 Å². The Kier molecular flexibility index (Phi) is 4.56. The van der Waals surface area contributed by atoms with Crippen molar-refractivity contribution >= 4 is 23.7 Å². The standard InChI is InChI=1S/C14H14ClFN4O2/c1-14(2,3)7-17-19-12(21)13-18-11(20-22-13)10-8(15)5-4-6-9(10)16/h4-7H,1-3H3,(H,19,21)/b17-7-. The van der Waals surface area contributed by atoms with Crippen LogP contribution in [0.3, 0.4) is 0 Å². The second-order valence-electron chi connectivity index (χ2n) is 5.58. The fourth-order valence-electron chi connectivity index (χ4n) is 1.46. The molecule has 1 amide bonds. The second kappa shape index (κ2) is 6.23. The number of nitrogens with zero attached hydrogens (tertiary/aromatic N) is 3. The maximum absolute atomic E-state index is 13.8. The average molecular weight is 325 g/mol. The summed E-state index contributed by atoms with van der Waals surface area (Å²) in [4.78, 5) is 15.6. The highest BCUT2D eigenvalue weighted by Crippen LogP contribution is 2.28. The Morgan fingerprint density at radius 3 is 2.82 bits per heavy atom. The quantitative estimate of drug-likeness (QED) is 0.694. The minimum Gasteiger partial charge on any atom is -0.328 e. The lowest BCUT2D eigenvalue weighted by molar-refractivity contribution is 0.0911. The Balaban J connectivity index is 2.18. The summed E-state index contributed by atoms with van der Waals surface area (Å²) in [5, 5.41) is 7.47. The van der Waals surface area contributed by atoms with Gasteiger partial charge in [-0.15, -0.1) is 0 Å². The monoisotopic (exact) mass is 324 g/mol. The molecule has 0 aliphatic heterocycles. The van der Waals surface area contributed by atoms with E-state index in [0.29, 0.717) is 0 Å². The normalized spacial score (nSPS) is 11.9. The molecule has 0 aliphatic rings. The van der Waals surface area contributed by atoms with E-state index in [9.17, 15) is 9.18 Å². The van der Waals surface area contributed by atoms with Crippen molar-refractivity contribution in [3.63, 3.8) is 0 Å². The van der Waals surface area contributed by atoms with Gasteiger partial charge in [-0.05, 0) is 17.5 Å². The Bertz CT molecular complexity index is 702. The number of carbonyl (C=O) groups excluding carboxylic acids is 1. The van der Waals surface area contributed by atoms with Crippen molar-refractivity contribution < 1.29 is 13.7 Å². The fourth-order valence-corrected chi connectivity index (χ4v) is 1.71. The first-order valence-corrected chi connectivity index (χ1v) is 6.78. The largest absolute Gasteiger partial charge is 0.329 e.